The Bertz CT molecular complexity index is 670. The van der Waals surface area contributed by atoms with Gasteiger partial charge in [0.25, 0.3) is 0 Å². The van der Waals surface area contributed by atoms with Gasteiger partial charge in [-0.25, -0.2) is 9.82 Å². The Morgan fingerprint density at radius 3 is 2.57 bits per heavy atom. The van der Waals surface area contributed by atoms with Crippen molar-refractivity contribution >= 4 is 23.2 Å². The molecule has 21 heavy (non-hydrogen) atoms. The number of hydrogen-bond acceptors (Lipinski definition) is 4. The number of nitrogens with one attached hydrogen (secondary N) is 1. The van der Waals surface area contributed by atoms with Gasteiger partial charge in [-0.05, 0) is 19.1 Å². The Kier molecular flexibility index (Phi) is 4.21. The first-order valence-corrected chi connectivity index (χ1v) is 6.46. The maximum atomic E-state index is 14.2. The fourth-order valence-electron chi connectivity index (χ4n) is 2.44. The number of rotatable bonds is 3. The van der Waals surface area contributed by atoms with Crippen LogP contribution in [0, 0.1) is 40.3 Å². The lowest BCUT2D eigenvalue weighted by molar-refractivity contribution is -0.122. The van der Waals surface area contributed by atoms with Crippen LogP contribution in [0.4, 0.5) is 4.39 Å². The number of benzene rings is 1. The summed E-state index contributed by atoms with van der Waals surface area (Å²) in [7, 11) is 0. The van der Waals surface area contributed by atoms with Gasteiger partial charge in [-0.2, -0.15) is 15.6 Å². The van der Waals surface area contributed by atoms with Crippen molar-refractivity contribution in [1.29, 1.82) is 10.5 Å². The Hall–Kier alpha value is -2.44. The summed E-state index contributed by atoms with van der Waals surface area (Å²) in [5, 5.41) is 22.2. The van der Waals surface area contributed by atoms with Crippen molar-refractivity contribution in [2.75, 3.05) is 0 Å². The molecule has 1 N–H and O–H groups in total. The third kappa shape index (κ3) is 2.58. The van der Waals surface area contributed by atoms with Crippen LogP contribution in [0.15, 0.2) is 23.3 Å². The Labute approximate surface area is 125 Å². The van der Waals surface area contributed by atoms with Gasteiger partial charge in [-0.3, -0.25) is 4.79 Å². The summed E-state index contributed by atoms with van der Waals surface area (Å²) in [5.74, 6) is -4.27. The van der Waals surface area contributed by atoms with E-state index in [-0.39, 0.29) is 10.6 Å². The third-order valence-electron chi connectivity index (χ3n) is 3.40. The molecule has 0 fully saturated rings. The van der Waals surface area contributed by atoms with Crippen LogP contribution in [0.3, 0.4) is 0 Å². The lowest BCUT2D eigenvalue weighted by atomic mass is 9.75. The highest BCUT2D eigenvalue weighted by molar-refractivity contribution is 6.31. The lowest BCUT2D eigenvalue weighted by Gasteiger charge is -2.24. The zero-order valence-electron chi connectivity index (χ0n) is 11.0. The van der Waals surface area contributed by atoms with Gasteiger partial charge in [0, 0.05) is 22.2 Å². The topological polar surface area (TPSA) is 89.0 Å². The van der Waals surface area contributed by atoms with Crippen molar-refractivity contribution in [3.8, 4) is 12.1 Å². The summed E-state index contributed by atoms with van der Waals surface area (Å²) in [5.41, 5.74) is 2.65. The molecule has 0 radical (unpaired) electrons. The Morgan fingerprint density at radius 1 is 1.43 bits per heavy atom. The first-order chi connectivity index (χ1) is 10.0. The van der Waals surface area contributed by atoms with E-state index in [4.69, 9.17) is 22.1 Å². The first-order valence-electron chi connectivity index (χ1n) is 6.08. The second-order valence-corrected chi connectivity index (χ2v) is 5.01. The highest BCUT2D eigenvalue weighted by atomic mass is 35.5. The molecule has 1 aliphatic rings. The smallest absolute Gasteiger partial charge is 0.249 e. The molecule has 1 aromatic rings. The van der Waals surface area contributed by atoms with E-state index in [1.165, 1.54) is 18.2 Å². The van der Waals surface area contributed by atoms with E-state index in [0.717, 1.165) is 0 Å². The Morgan fingerprint density at radius 2 is 2.10 bits per heavy atom. The summed E-state index contributed by atoms with van der Waals surface area (Å²) in [6.07, 6.45) is 0. The standard InChI is InChI=1S/C14H10ClFN4O/c1-7-11(14(21)20-19-7)12(8(5-17)6-18)13-9(15)3-2-4-10(13)16/h2-4,8,11-12H,1H3,(H,20,21)/t11-,12-/m1/s1. The van der Waals surface area contributed by atoms with E-state index in [9.17, 15) is 9.18 Å². The molecule has 0 aromatic heterocycles. The average molecular weight is 305 g/mol. The molecule has 5 nitrogen and oxygen atoms in total. The number of halogens is 2. The summed E-state index contributed by atoms with van der Waals surface area (Å²) in [6.45, 7) is 1.58. The zero-order chi connectivity index (χ0) is 15.6. The molecule has 1 heterocycles. The van der Waals surface area contributed by atoms with Crippen LogP contribution in [0.1, 0.15) is 18.4 Å². The van der Waals surface area contributed by atoms with Gasteiger partial charge < -0.3 is 0 Å². The predicted molar refractivity (Wildman–Crippen MR) is 73.6 cm³/mol. The van der Waals surface area contributed by atoms with Crippen molar-refractivity contribution in [3.63, 3.8) is 0 Å². The minimum Gasteiger partial charge on any atom is -0.272 e. The zero-order valence-corrected chi connectivity index (χ0v) is 11.7. The van der Waals surface area contributed by atoms with Crippen LogP contribution in [-0.2, 0) is 4.79 Å². The van der Waals surface area contributed by atoms with Crippen molar-refractivity contribution in [3.05, 3.63) is 34.6 Å². The number of amides is 1. The number of nitrogens with zero attached hydrogens (tertiary/aromatic N) is 3. The fraction of sp³-hybridized carbons (Fsp3) is 0.286. The molecule has 0 bridgehead atoms. The molecular weight excluding hydrogens is 295 g/mol. The molecule has 0 saturated heterocycles. The van der Waals surface area contributed by atoms with Crippen LogP contribution >= 0.6 is 11.6 Å². The second kappa shape index (κ2) is 5.90. The average Bonchev–Trinajstić information content (AvgIpc) is 2.77. The monoisotopic (exact) mass is 304 g/mol. The quantitative estimate of drug-likeness (QED) is 0.929. The van der Waals surface area contributed by atoms with Crippen molar-refractivity contribution in [1.82, 2.24) is 5.43 Å². The summed E-state index contributed by atoms with van der Waals surface area (Å²) < 4.78 is 14.2. The third-order valence-corrected chi connectivity index (χ3v) is 3.73. The summed E-state index contributed by atoms with van der Waals surface area (Å²) >= 11 is 6.03. The van der Waals surface area contributed by atoms with E-state index in [2.05, 4.69) is 10.5 Å². The van der Waals surface area contributed by atoms with Crippen molar-refractivity contribution in [2.24, 2.45) is 16.9 Å². The molecular formula is C14H10ClFN4O. The molecule has 106 valence electrons. The van der Waals surface area contributed by atoms with Gasteiger partial charge in [-0.1, -0.05) is 17.7 Å². The minimum absolute atomic E-state index is 0.0103. The molecule has 0 aliphatic carbocycles. The molecule has 1 aliphatic heterocycles. The van der Waals surface area contributed by atoms with Crippen LogP contribution < -0.4 is 5.43 Å². The van der Waals surface area contributed by atoms with Gasteiger partial charge in [-0.15, -0.1) is 0 Å². The van der Waals surface area contributed by atoms with Gasteiger partial charge >= 0.3 is 0 Å². The van der Waals surface area contributed by atoms with Gasteiger partial charge in [0.05, 0.1) is 18.1 Å². The van der Waals surface area contributed by atoms with E-state index < -0.39 is 29.5 Å². The maximum absolute atomic E-state index is 14.2. The summed E-state index contributed by atoms with van der Waals surface area (Å²) in [6, 6.07) is 7.66. The van der Waals surface area contributed by atoms with Crippen LogP contribution in [0.25, 0.3) is 0 Å². The highest BCUT2D eigenvalue weighted by Crippen LogP contribution is 2.39. The van der Waals surface area contributed by atoms with Crippen LogP contribution in [0.2, 0.25) is 5.02 Å². The molecule has 1 amide bonds. The maximum Gasteiger partial charge on any atom is 0.249 e. The molecule has 2 rings (SSSR count). The molecule has 7 heteroatoms. The Balaban J connectivity index is 2.63. The van der Waals surface area contributed by atoms with Gasteiger partial charge in [0.1, 0.15) is 11.7 Å². The number of carbonyl (C=O) groups excluding carboxylic acids is 1. The molecule has 0 unspecified atom stereocenters. The number of hydrogen-bond donors (Lipinski definition) is 1. The van der Waals surface area contributed by atoms with Gasteiger partial charge in [0.15, 0.2) is 0 Å². The lowest BCUT2D eigenvalue weighted by Crippen LogP contribution is -2.32. The number of carbonyl (C=O) groups is 1. The van der Waals surface area contributed by atoms with Crippen molar-refractivity contribution < 1.29 is 9.18 Å². The van der Waals surface area contributed by atoms with E-state index in [1.807, 2.05) is 0 Å². The second-order valence-electron chi connectivity index (χ2n) is 4.60. The molecule has 2 atom stereocenters. The molecule has 1 aromatic carbocycles. The van der Waals surface area contributed by atoms with E-state index >= 15 is 0 Å². The largest absolute Gasteiger partial charge is 0.272 e. The number of nitriles is 2. The van der Waals surface area contributed by atoms with Gasteiger partial charge in [0.2, 0.25) is 5.91 Å². The minimum atomic E-state index is -1.22. The van der Waals surface area contributed by atoms with Crippen LogP contribution in [0.5, 0.6) is 0 Å². The molecule has 0 spiro atoms. The van der Waals surface area contributed by atoms with E-state index in [0.29, 0.717) is 5.71 Å². The van der Waals surface area contributed by atoms with Crippen molar-refractivity contribution in [2.45, 2.75) is 12.8 Å². The number of hydrazone groups is 1. The predicted octanol–water partition coefficient (Wildman–Crippen LogP) is 2.35. The normalized spacial score (nSPS) is 18.7. The molecule has 0 saturated carbocycles. The highest BCUT2D eigenvalue weighted by Gasteiger charge is 2.42. The fourth-order valence-corrected chi connectivity index (χ4v) is 2.73. The SMILES string of the molecule is CC1=NNC(=O)[C@H]1[C@H](c1c(F)cccc1Cl)C(C#N)C#N. The van der Waals surface area contributed by atoms with E-state index in [1.54, 1.807) is 19.1 Å². The first kappa shape index (κ1) is 15.0. The summed E-state index contributed by atoms with van der Waals surface area (Å²) in [4.78, 5) is 11.9. The van der Waals surface area contributed by atoms with Crippen LogP contribution in [-0.4, -0.2) is 11.6 Å².